The van der Waals surface area contributed by atoms with E-state index in [2.05, 4.69) is 6.07 Å². The summed E-state index contributed by atoms with van der Waals surface area (Å²) in [5, 5.41) is 9.40. The van der Waals surface area contributed by atoms with E-state index in [4.69, 9.17) is 31.1 Å². The Labute approximate surface area is 179 Å². The number of rotatable bonds is 5. The molecule has 154 valence electrons. The first kappa shape index (κ1) is 20.3. The van der Waals surface area contributed by atoms with Crippen molar-refractivity contribution < 1.29 is 18.6 Å². The van der Waals surface area contributed by atoms with Crippen LogP contribution in [-0.2, 0) is 4.74 Å². The van der Waals surface area contributed by atoms with Crippen LogP contribution in [-0.4, -0.2) is 18.8 Å². The summed E-state index contributed by atoms with van der Waals surface area (Å²) in [5.41, 5.74) is 2.40. The number of methoxy groups -OCH3 is 2. The van der Waals surface area contributed by atoms with E-state index in [1.165, 1.54) is 6.07 Å². The summed E-state index contributed by atoms with van der Waals surface area (Å²) < 4.78 is 34.6. The second-order valence-corrected chi connectivity index (χ2v) is 7.35. The van der Waals surface area contributed by atoms with Gasteiger partial charge in [0, 0.05) is 28.8 Å². The highest BCUT2D eigenvalue weighted by Crippen LogP contribution is 2.47. The minimum atomic E-state index is -0.679. The van der Waals surface area contributed by atoms with Gasteiger partial charge in [0.15, 0.2) is 11.5 Å². The van der Waals surface area contributed by atoms with E-state index >= 15 is 4.39 Å². The molecular formula is C23H20ClFN2O3. The monoisotopic (exact) mass is 426 g/mol. The van der Waals surface area contributed by atoms with Crippen LogP contribution < -0.4 is 9.47 Å². The molecule has 2 heterocycles. The van der Waals surface area contributed by atoms with Crippen molar-refractivity contribution in [2.24, 2.45) is 0 Å². The average molecular weight is 427 g/mol. The van der Waals surface area contributed by atoms with Crippen molar-refractivity contribution in [3.05, 3.63) is 76.3 Å². The summed E-state index contributed by atoms with van der Waals surface area (Å²) in [6, 6.07) is 14.4. The number of aromatic nitrogens is 1. The van der Waals surface area contributed by atoms with E-state index in [9.17, 15) is 0 Å². The number of hydrogen-bond donors (Lipinski definition) is 0. The maximum absolute atomic E-state index is 15.2. The molecule has 1 aliphatic rings. The predicted molar refractivity (Wildman–Crippen MR) is 111 cm³/mol. The Kier molecular flexibility index (Phi) is 5.67. The fourth-order valence-electron chi connectivity index (χ4n) is 3.98. The molecule has 30 heavy (non-hydrogen) atoms. The lowest BCUT2D eigenvalue weighted by atomic mass is 9.98. The smallest absolute Gasteiger partial charge is 0.166 e. The Balaban J connectivity index is 1.98. The molecule has 0 bridgehead atoms. The molecule has 7 heteroatoms. The highest BCUT2D eigenvalue weighted by Gasteiger charge is 2.34. The molecule has 0 fully saturated rings. The second-order valence-electron chi connectivity index (χ2n) is 6.91. The van der Waals surface area contributed by atoms with Crippen LogP contribution >= 0.6 is 11.6 Å². The highest BCUT2D eigenvalue weighted by molar-refractivity contribution is 6.30. The molecule has 4 rings (SSSR count). The molecule has 0 saturated carbocycles. The van der Waals surface area contributed by atoms with Gasteiger partial charge < -0.3 is 18.8 Å². The zero-order valence-corrected chi connectivity index (χ0v) is 17.3. The molecule has 5 nitrogen and oxygen atoms in total. The largest absolute Gasteiger partial charge is 0.493 e. The Morgan fingerprint density at radius 1 is 1.17 bits per heavy atom. The molecule has 2 aromatic carbocycles. The van der Waals surface area contributed by atoms with Crippen molar-refractivity contribution in [2.75, 3.05) is 14.2 Å². The van der Waals surface area contributed by atoms with Crippen molar-refractivity contribution in [2.45, 2.75) is 25.0 Å². The van der Waals surface area contributed by atoms with Crippen molar-refractivity contribution in [1.29, 1.82) is 5.26 Å². The molecule has 0 amide bonds. The molecule has 1 aliphatic heterocycles. The number of nitriles is 1. The minimum absolute atomic E-state index is 0.269. The first-order valence-corrected chi connectivity index (χ1v) is 9.86. The minimum Gasteiger partial charge on any atom is -0.493 e. The molecule has 3 aromatic rings. The van der Waals surface area contributed by atoms with Gasteiger partial charge in [0.25, 0.3) is 0 Å². The van der Waals surface area contributed by atoms with Crippen molar-refractivity contribution in [1.82, 2.24) is 4.57 Å². The maximum atomic E-state index is 15.2. The quantitative estimate of drug-likeness (QED) is 0.521. The molecule has 0 N–H and O–H groups in total. The molecule has 0 aliphatic carbocycles. The van der Waals surface area contributed by atoms with Gasteiger partial charge in [-0.2, -0.15) is 5.26 Å². The van der Waals surface area contributed by atoms with Gasteiger partial charge in [-0.1, -0.05) is 23.7 Å². The lowest BCUT2D eigenvalue weighted by Gasteiger charge is -2.25. The molecule has 1 aromatic heterocycles. The topological polar surface area (TPSA) is 56.4 Å². The maximum Gasteiger partial charge on any atom is 0.166 e. The fourth-order valence-corrected chi connectivity index (χ4v) is 4.19. The molecule has 0 unspecified atom stereocenters. The normalized spacial score (nSPS) is 17.4. The van der Waals surface area contributed by atoms with Crippen LogP contribution in [0.2, 0.25) is 5.02 Å². The fraction of sp³-hybridized carbons (Fsp3) is 0.261. The number of para-hydroxylation sites is 1. The summed E-state index contributed by atoms with van der Waals surface area (Å²) in [4.78, 5) is 0. The van der Waals surface area contributed by atoms with Gasteiger partial charge in [-0.05, 0) is 36.8 Å². The van der Waals surface area contributed by atoms with Crippen LogP contribution in [0.15, 0.2) is 48.7 Å². The van der Waals surface area contributed by atoms with Gasteiger partial charge in [0.05, 0.1) is 31.7 Å². The summed E-state index contributed by atoms with van der Waals surface area (Å²) in [6.45, 7) is 0. The summed E-state index contributed by atoms with van der Waals surface area (Å²) in [7, 11) is 3.11. The SMILES string of the molecule is COc1cccc([C@H]2O[C@H](CCC#N)c3cccn3-c3c(F)cc(Cl)cc32)c1OC. The lowest BCUT2D eigenvalue weighted by molar-refractivity contribution is 0.00191. The number of nitrogens with zero attached hydrogens (tertiary/aromatic N) is 2. The molecule has 0 radical (unpaired) electrons. The van der Waals surface area contributed by atoms with Crippen LogP contribution in [0.25, 0.3) is 5.69 Å². The Morgan fingerprint density at radius 2 is 2.00 bits per heavy atom. The van der Waals surface area contributed by atoms with Gasteiger partial charge >= 0.3 is 0 Å². The number of halogens is 2. The summed E-state index contributed by atoms with van der Waals surface area (Å²) >= 11 is 6.24. The summed E-state index contributed by atoms with van der Waals surface area (Å²) in [5.74, 6) is 0.591. The van der Waals surface area contributed by atoms with Crippen molar-refractivity contribution >= 4 is 11.6 Å². The third-order valence-electron chi connectivity index (χ3n) is 5.23. The zero-order chi connectivity index (χ0) is 21.3. The standard InChI is InChI=1S/C23H20ClFN2O3/c1-28-20-8-3-6-15(23(20)29-2)22-16-12-14(24)13-17(25)21(16)27-11-5-7-18(27)19(30-22)9-4-10-26/h3,5-8,11-13,19,22H,4,9H2,1-2H3/t19-,22-/m1/s1. The highest BCUT2D eigenvalue weighted by atomic mass is 35.5. The Bertz CT molecular complexity index is 1120. The van der Waals surface area contributed by atoms with Gasteiger partial charge in [-0.3, -0.25) is 0 Å². The van der Waals surface area contributed by atoms with Gasteiger partial charge in [0.2, 0.25) is 0 Å². The number of benzene rings is 2. The van der Waals surface area contributed by atoms with E-state index in [1.807, 2.05) is 24.3 Å². The van der Waals surface area contributed by atoms with Crippen LogP contribution in [0.5, 0.6) is 11.5 Å². The van der Waals surface area contributed by atoms with E-state index in [0.29, 0.717) is 41.2 Å². The van der Waals surface area contributed by atoms with Gasteiger partial charge in [0.1, 0.15) is 18.0 Å². The summed E-state index contributed by atoms with van der Waals surface area (Å²) in [6.07, 6.45) is 1.45. The second kappa shape index (κ2) is 8.39. The first-order chi connectivity index (χ1) is 14.6. The predicted octanol–water partition coefficient (Wildman–Crippen LogP) is 5.75. The van der Waals surface area contributed by atoms with Gasteiger partial charge in [-0.15, -0.1) is 0 Å². The number of hydrogen-bond acceptors (Lipinski definition) is 4. The van der Waals surface area contributed by atoms with Crippen LogP contribution in [0.1, 0.15) is 41.9 Å². The number of ether oxygens (including phenoxy) is 3. The lowest BCUT2D eigenvalue weighted by Crippen LogP contribution is -2.12. The third kappa shape index (κ3) is 3.41. The van der Waals surface area contributed by atoms with Crippen LogP contribution in [0, 0.1) is 17.1 Å². The van der Waals surface area contributed by atoms with E-state index in [1.54, 1.807) is 37.1 Å². The molecule has 2 atom stereocenters. The van der Waals surface area contributed by atoms with Gasteiger partial charge in [-0.25, -0.2) is 4.39 Å². The average Bonchev–Trinajstić information content (AvgIpc) is 3.17. The zero-order valence-electron chi connectivity index (χ0n) is 16.6. The number of fused-ring (bicyclic) bond motifs is 3. The Hall–Kier alpha value is -3.01. The van der Waals surface area contributed by atoms with E-state index < -0.39 is 18.0 Å². The van der Waals surface area contributed by atoms with Crippen LogP contribution in [0.3, 0.4) is 0 Å². The van der Waals surface area contributed by atoms with Crippen LogP contribution in [0.4, 0.5) is 4.39 Å². The van der Waals surface area contributed by atoms with E-state index in [0.717, 1.165) is 5.69 Å². The van der Waals surface area contributed by atoms with Crippen molar-refractivity contribution in [3.63, 3.8) is 0 Å². The van der Waals surface area contributed by atoms with E-state index in [-0.39, 0.29) is 5.02 Å². The van der Waals surface area contributed by atoms with Crippen molar-refractivity contribution in [3.8, 4) is 23.3 Å². The Morgan fingerprint density at radius 3 is 2.73 bits per heavy atom. The molecular weight excluding hydrogens is 407 g/mol. The molecule has 0 spiro atoms. The third-order valence-corrected chi connectivity index (χ3v) is 5.44. The first-order valence-electron chi connectivity index (χ1n) is 9.49. The molecule has 0 saturated heterocycles.